The quantitative estimate of drug-likeness (QED) is 0.231. The van der Waals surface area contributed by atoms with E-state index in [1.54, 1.807) is 24.3 Å². The van der Waals surface area contributed by atoms with Crippen LogP contribution in [0.5, 0.6) is 5.75 Å². The summed E-state index contributed by atoms with van der Waals surface area (Å²) in [5, 5.41) is 0. The number of esters is 1. The zero-order valence-electron chi connectivity index (χ0n) is 14.9. The molecule has 0 N–H and O–H groups in total. The Balaban J connectivity index is 1.56. The summed E-state index contributed by atoms with van der Waals surface area (Å²) < 4.78 is 12.9. The van der Waals surface area contributed by atoms with Crippen LogP contribution in [0.25, 0.3) is 28.6 Å². The minimum atomic E-state index is -0.712. The van der Waals surface area contributed by atoms with E-state index in [0.717, 1.165) is 11.3 Å². The van der Waals surface area contributed by atoms with Gasteiger partial charge in [-0.15, -0.1) is 0 Å². The van der Waals surface area contributed by atoms with E-state index in [0.29, 0.717) is 16.8 Å². The fourth-order valence-electron chi connectivity index (χ4n) is 3.34. The molecule has 0 radical (unpaired) electrons. The molecule has 136 valence electrons. The van der Waals surface area contributed by atoms with E-state index in [1.807, 2.05) is 48.0 Å². The Hall–Kier alpha value is -3.93. The molecule has 1 aliphatic rings. The molecule has 6 heteroatoms. The summed E-state index contributed by atoms with van der Waals surface area (Å²) in [5.74, 6) is -0.672. The highest BCUT2D eigenvalue weighted by atomic mass is 16.5. The third-order valence-electron chi connectivity index (χ3n) is 4.73. The zero-order chi connectivity index (χ0) is 19.3. The van der Waals surface area contributed by atoms with Crippen LogP contribution in [0, 0.1) is 0 Å². The first-order valence-electron chi connectivity index (χ1n) is 8.71. The Morgan fingerprint density at radius 3 is 2.54 bits per heavy atom. The van der Waals surface area contributed by atoms with E-state index in [2.05, 4.69) is 4.98 Å². The molecule has 0 atom stereocenters. The number of hydrogen-bond donors (Lipinski definition) is 0. The Morgan fingerprint density at radius 1 is 1.00 bits per heavy atom. The van der Waals surface area contributed by atoms with Crippen molar-refractivity contribution in [2.24, 2.45) is 7.05 Å². The molecule has 0 aliphatic carbocycles. The number of nitrogens with zero attached hydrogens (tertiary/aromatic N) is 2. The van der Waals surface area contributed by atoms with Gasteiger partial charge in [-0.3, -0.25) is 4.79 Å². The molecule has 0 saturated carbocycles. The number of Topliss-reactive ketones (excluding diaryl/α,β-unsaturated/α-hetero) is 1. The molecule has 0 amide bonds. The van der Waals surface area contributed by atoms with Gasteiger partial charge >= 0.3 is 5.97 Å². The van der Waals surface area contributed by atoms with Crippen LogP contribution in [0.3, 0.4) is 0 Å². The van der Waals surface area contributed by atoms with Gasteiger partial charge in [0.1, 0.15) is 11.3 Å². The number of carbonyl (C=O) groups excluding carboxylic acids is 2. The summed E-state index contributed by atoms with van der Waals surface area (Å²) in [6.45, 7) is 0. The molecule has 28 heavy (non-hydrogen) atoms. The first kappa shape index (κ1) is 16.3. The predicted octanol–water partition coefficient (Wildman–Crippen LogP) is 4.02. The minimum Gasteiger partial charge on any atom is -0.435 e. The van der Waals surface area contributed by atoms with Crippen LogP contribution >= 0.6 is 0 Å². The second-order valence-corrected chi connectivity index (χ2v) is 6.47. The third-order valence-corrected chi connectivity index (χ3v) is 4.73. The van der Waals surface area contributed by atoms with E-state index in [9.17, 15) is 9.59 Å². The van der Waals surface area contributed by atoms with E-state index in [4.69, 9.17) is 9.15 Å². The van der Waals surface area contributed by atoms with Gasteiger partial charge in [0.25, 0.3) is 0 Å². The topological polar surface area (TPSA) is 74.3 Å². The summed E-state index contributed by atoms with van der Waals surface area (Å²) in [7, 11) is 1.89. The molecular formula is C22H14N2O4. The Morgan fingerprint density at radius 2 is 1.75 bits per heavy atom. The molecule has 2 aromatic heterocycles. The van der Waals surface area contributed by atoms with Crippen molar-refractivity contribution in [3.8, 4) is 17.0 Å². The van der Waals surface area contributed by atoms with Crippen molar-refractivity contribution in [1.29, 1.82) is 0 Å². The molecule has 0 fully saturated rings. The van der Waals surface area contributed by atoms with Crippen molar-refractivity contribution >= 4 is 29.1 Å². The molecule has 5 rings (SSSR count). The van der Waals surface area contributed by atoms with Crippen LogP contribution in [0.15, 0.2) is 70.7 Å². The number of ether oxygens (including phenoxy) is 1. The Bertz CT molecular complexity index is 1280. The molecule has 2 aromatic carbocycles. The van der Waals surface area contributed by atoms with E-state index in [-0.39, 0.29) is 17.2 Å². The highest BCUT2D eigenvalue weighted by molar-refractivity contribution is 6.30. The normalized spacial score (nSPS) is 15.1. The summed E-state index contributed by atoms with van der Waals surface area (Å²) in [5.41, 5.74) is 3.45. The summed E-state index contributed by atoms with van der Waals surface area (Å²) in [4.78, 5) is 29.3. The fourth-order valence-corrected chi connectivity index (χ4v) is 3.34. The molecule has 3 heterocycles. The molecule has 1 aliphatic heterocycles. The minimum absolute atomic E-state index is 0.103. The smallest absolute Gasteiger partial charge is 0.347 e. The lowest BCUT2D eigenvalue weighted by molar-refractivity contribution is -0.130. The number of ketones is 1. The number of rotatable bonds is 2. The highest BCUT2D eigenvalue weighted by Crippen LogP contribution is 2.31. The monoisotopic (exact) mass is 370 g/mol. The van der Waals surface area contributed by atoms with Crippen LogP contribution < -0.4 is 4.74 Å². The molecule has 0 spiro atoms. The van der Waals surface area contributed by atoms with Crippen molar-refractivity contribution in [3.05, 3.63) is 77.7 Å². The number of benzene rings is 2. The van der Waals surface area contributed by atoms with E-state index >= 15 is 0 Å². The van der Waals surface area contributed by atoms with E-state index in [1.165, 1.54) is 6.08 Å². The summed E-state index contributed by atoms with van der Waals surface area (Å²) in [6, 6.07) is 18.4. The van der Waals surface area contributed by atoms with Gasteiger partial charge < -0.3 is 13.7 Å². The standard InChI is InChI=1S/C22H14N2O4/c1-24-16(13-7-3-2-4-8-13)12-18-21(24)23-19(27-18)11-15-20(25)14-9-5-6-10-17(14)28-22(15)26/h2-12H,1H3/b15-11-. The van der Waals surface area contributed by atoms with Gasteiger partial charge in [-0.1, -0.05) is 42.5 Å². The average Bonchev–Trinajstić information content (AvgIpc) is 3.24. The Labute approximate surface area is 159 Å². The van der Waals surface area contributed by atoms with Gasteiger partial charge in [-0.05, 0) is 17.7 Å². The fraction of sp³-hybridized carbons (Fsp3) is 0.0455. The number of oxazole rings is 1. The van der Waals surface area contributed by atoms with Gasteiger partial charge in [0, 0.05) is 19.2 Å². The van der Waals surface area contributed by atoms with Gasteiger partial charge in [0.2, 0.25) is 11.7 Å². The maximum Gasteiger partial charge on any atom is 0.347 e. The molecule has 0 unspecified atom stereocenters. The van der Waals surface area contributed by atoms with Crippen molar-refractivity contribution < 1.29 is 18.7 Å². The van der Waals surface area contributed by atoms with Crippen molar-refractivity contribution in [3.63, 3.8) is 0 Å². The number of aryl methyl sites for hydroxylation is 1. The van der Waals surface area contributed by atoms with Gasteiger partial charge in [0.05, 0.1) is 11.3 Å². The first-order valence-corrected chi connectivity index (χ1v) is 8.71. The van der Waals surface area contributed by atoms with Crippen LogP contribution in [0.1, 0.15) is 16.2 Å². The number of aromatic nitrogens is 2. The lowest BCUT2D eigenvalue weighted by Gasteiger charge is -2.15. The lowest BCUT2D eigenvalue weighted by atomic mass is 9.99. The maximum atomic E-state index is 12.6. The molecular weight excluding hydrogens is 356 g/mol. The van der Waals surface area contributed by atoms with Gasteiger partial charge in [-0.25, -0.2) is 4.79 Å². The van der Waals surface area contributed by atoms with Gasteiger partial charge in [-0.2, -0.15) is 4.98 Å². The Kier molecular flexibility index (Phi) is 3.52. The second-order valence-electron chi connectivity index (χ2n) is 6.47. The zero-order valence-corrected chi connectivity index (χ0v) is 14.9. The van der Waals surface area contributed by atoms with E-state index < -0.39 is 11.8 Å². The molecule has 6 nitrogen and oxygen atoms in total. The SMILES string of the molecule is Cn1c(-c2ccccc2)cc2oc(/C=C3\C(=O)Oc4ccccc4C3=O)nc21. The number of hydrogen-bond acceptors (Lipinski definition) is 5. The van der Waals surface area contributed by atoms with Crippen LogP contribution in [0.4, 0.5) is 0 Å². The van der Waals surface area contributed by atoms with Gasteiger partial charge in [0.15, 0.2) is 11.2 Å². The van der Waals surface area contributed by atoms with Crippen LogP contribution in [0.2, 0.25) is 0 Å². The maximum absolute atomic E-state index is 12.6. The van der Waals surface area contributed by atoms with Crippen molar-refractivity contribution in [2.75, 3.05) is 0 Å². The number of carbonyl (C=O) groups is 2. The average molecular weight is 370 g/mol. The molecule has 4 aromatic rings. The second kappa shape index (κ2) is 6.06. The van der Waals surface area contributed by atoms with Crippen LogP contribution in [-0.4, -0.2) is 21.3 Å². The molecule has 0 saturated heterocycles. The summed E-state index contributed by atoms with van der Waals surface area (Å²) in [6.07, 6.45) is 1.34. The van der Waals surface area contributed by atoms with Crippen molar-refractivity contribution in [2.45, 2.75) is 0 Å². The summed E-state index contributed by atoms with van der Waals surface area (Å²) >= 11 is 0. The third kappa shape index (κ3) is 2.46. The molecule has 0 bridgehead atoms. The van der Waals surface area contributed by atoms with Crippen molar-refractivity contribution in [1.82, 2.24) is 9.55 Å². The highest BCUT2D eigenvalue weighted by Gasteiger charge is 2.31. The largest absolute Gasteiger partial charge is 0.435 e. The predicted molar refractivity (Wildman–Crippen MR) is 103 cm³/mol. The first-order chi connectivity index (χ1) is 13.6. The van der Waals surface area contributed by atoms with Crippen LogP contribution in [-0.2, 0) is 11.8 Å². The lowest BCUT2D eigenvalue weighted by Crippen LogP contribution is -2.24. The number of para-hydroxylation sites is 1. The number of fused-ring (bicyclic) bond motifs is 2.